The van der Waals surface area contributed by atoms with Crippen LogP contribution in [0.4, 0.5) is 33.6 Å². The maximum Gasteiger partial charge on any atom is 0.306 e. The minimum absolute atomic E-state index is 0.0691. The van der Waals surface area contributed by atoms with Gasteiger partial charge in [0.2, 0.25) is 5.91 Å². The number of benzene rings is 5. The zero-order chi connectivity index (χ0) is 85.9. The van der Waals surface area contributed by atoms with Crippen LogP contribution in [0.1, 0.15) is 68.9 Å². The van der Waals surface area contributed by atoms with E-state index in [1.54, 1.807) is 47.6 Å². The van der Waals surface area contributed by atoms with E-state index in [0.717, 1.165) is 95.5 Å². The highest BCUT2D eigenvalue weighted by Gasteiger charge is 2.42. The molecule has 628 valence electrons. The molecule has 2 aromatic heterocycles. The number of piperazine rings is 2. The molecule has 28 nitrogen and oxygen atoms in total. The summed E-state index contributed by atoms with van der Waals surface area (Å²) in [5, 5.41) is 29.6. The number of likely N-dealkylation sites (tertiary alicyclic amines) is 1. The van der Waals surface area contributed by atoms with E-state index in [9.17, 15) is 71.2 Å². The van der Waals surface area contributed by atoms with Gasteiger partial charge in [-0.15, -0.1) is 11.8 Å². The van der Waals surface area contributed by atoms with Crippen molar-refractivity contribution in [3.05, 3.63) is 172 Å². The maximum atomic E-state index is 13.6. The third-order valence-corrected chi connectivity index (χ3v) is 24.4. The Hall–Kier alpha value is -10.0. The third-order valence-electron chi connectivity index (χ3n) is 17.5. The summed E-state index contributed by atoms with van der Waals surface area (Å²) >= 11 is 8.46. The number of nitrogens with one attached hydrogen (secondary N) is 1. The molecular weight excluding hydrogens is 1690 g/mol. The molecule has 39 heteroatoms. The van der Waals surface area contributed by atoms with Crippen molar-refractivity contribution in [1.82, 2.24) is 20.2 Å². The van der Waals surface area contributed by atoms with Gasteiger partial charge in [0.05, 0.1) is 126 Å². The van der Waals surface area contributed by atoms with Gasteiger partial charge in [0, 0.05) is 108 Å². The van der Waals surface area contributed by atoms with Gasteiger partial charge in [-0.2, -0.15) is 23.2 Å². The van der Waals surface area contributed by atoms with Crippen molar-refractivity contribution in [1.29, 1.82) is 10.5 Å². The lowest BCUT2D eigenvalue weighted by atomic mass is 10.1. The highest BCUT2D eigenvalue weighted by molar-refractivity contribution is 9.10. The van der Waals surface area contributed by atoms with E-state index in [1.807, 2.05) is 18.2 Å². The summed E-state index contributed by atoms with van der Waals surface area (Å²) in [5.74, 6) is -3.53. The van der Waals surface area contributed by atoms with E-state index in [-0.39, 0.29) is 104 Å². The minimum Gasteiger partial charge on any atom is -0.494 e. The van der Waals surface area contributed by atoms with Gasteiger partial charge in [-0.25, -0.2) is 57.2 Å². The van der Waals surface area contributed by atoms with Gasteiger partial charge in [0.25, 0.3) is 0 Å². The number of amides is 1. The molecule has 1 amide bonds. The number of aromatic nitrogens is 2. The van der Waals surface area contributed by atoms with Gasteiger partial charge in [0.1, 0.15) is 23.8 Å². The number of nitriles is 2. The predicted molar refractivity (Wildman–Crippen MR) is 426 cm³/mol. The average Bonchev–Trinajstić information content (AvgIpc) is 1.62. The van der Waals surface area contributed by atoms with Crippen LogP contribution in [0.2, 0.25) is 0 Å². The van der Waals surface area contributed by atoms with Crippen LogP contribution < -0.4 is 38.8 Å². The number of anilines is 2. The highest BCUT2D eigenvalue weighted by atomic mass is 79.9. The molecule has 6 heterocycles. The Bertz CT molecular complexity index is 4880. The molecule has 116 heavy (non-hydrogen) atoms. The van der Waals surface area contributed by atoms with Crippen LogP contribution in [0.25, 0.3) is 0 Å². The topological polar surface area (TPSA) is 377 Å². The quantitative estimate of drug-likeness (QED) is 0.0119. The Morgan fingerprint density at radius 3 is 1.23 bits per heavy atom. The van der Waals surface area contributed by atoms with Gasteiger partial charge >= 0.3 is 23.9 Å². The molecule has 2 N–H and O–H groups in total. The number of halogens is 6. The third kappa shape index (κ3) is 29.9. The number of carboxylic acid groups (broad SMARTS) is 1. The van der Waals surface area contributed by atoms with Crippen LogP contribution in [0.5, 0.6) is 28.7 Å². The summed E-state index contributed by atoms with van der Waals surface area (Å²) in [6.45, 7) is 3.11. The number of carbonyl (C=O) groups excluding carboxylic acids is 4. The number of rotatable bonds is 25. The number of hydrogen-bond acceptors (Lipinski definition) is 28. The smallest absolute Gasteiger partial charge is 0.306 e. The van der Waals surface area contributed by atoms with Crippen LogP contribution in [0.15, 0.2) is 152 Å². The number of aliphatic carboxylic acids is 1. The fraction of sp³-hybridized carbons (Fsp3) is 0.390. The Kier molecular flexibility index (Phi) is 39.8. The van der Waals surface area contributed by atoms with Crippen LogP contribution >= 0.6 is 40.3 Å². The van der Waals surface area contributed by atoms with Gasteiger partial charge in [-0.05, 0) is 123 Å². The van der Waals surface area contributed by atoms with Gasteiger partial charge in [-0.3, -0.25) is 24.0 Å². The molecule has 0 radical (unpaired) electrons. The number of sulfone groups is 3. The van der Waals surface area contributed by atoms with E-state index in [0.29, 0.717) is 60.6 Å². The van der Waals surface area contributed by atoms with Crippen LogP contribution in [-0.4, -0.2) is 211 Å². The van der Waals surface area contributed by atoms with Crippen molar-refractivity contribution in [2.45, 2.75) is 102 Å². The Morgan fingerprint density at radius 1 is 0.500 bits per heavy atom. The van der Waals surface area contributed by atoms with Crippen molar-refractivity contribution < 1.29 is 114 Å². The molecule has 0 saturated carbocycles. The van der Waals surface area contributed by atoms with Crippen molar-refractivity contribution in [2.24, 2.45) is 0 Å². The molecule has 4 aliphatic rings. The molecule has 0 aliphatic carbocycles. The number of hydrogen-bond donors (Lipinski definition) is 3. The monoisotopic (exact) mass is 1780 g/mol. The molecular formula is C77H88BrF5N8O20S5. The minimum atomic E-state index is -3.76. The predicted octanol–water partition coefficient (Wildman–Crippen LogP) is 10.9. The highest BCUT2D eigenvalue weighted by Crippen LogP contribution is 2.36. The summed E-state index contributed by atoms with van der Waals surface area (Å²) in [4.78, 5) is 70.7. The molecule has 4 aliphatic heterocycles. The molecule has 4 bridgehead atoms. The Balaban J connectivity index is 0.000000252. The number of methoxy groups -OCH3 is 8. The number of nitrogens with zero attached hydrogens (tertiary/aromatic N) is 7. The molecule has 4 atom stereocenters. The summed E-state index contributed by atoms with van der Waals surface area (Å²) < 4.78 is 176. The first-order valence-electron chi connectivity index (χ1n) is 35.1. The van der Waals surface area contributed by atoms with Gasteiger partial charge in [-0.1, -0.05) is 15.9 Å². The van der Waals surface area contributed by atoms with E-state index in [1.165, 1.54) is 99.7 Å². The number of carbonyl (C=O) groups is 5. The molecule has 4 fully saturated rings. The van der Waals surface area contributed by atoms with Crippen molar-refractivity contribution in [3.63, 3.8) is 0 Å². The van der Waals surface area contributed by atoms with Crippen molar-refractivity contribution in [3.8, 4) is 40.9 Å². The van der Waals surface area contributed by atoms with Gasteiger partial charge in [0.15, 0.2) is 87.3 Å². The first-order chi connectivity index (χ1) is 55.2. The molecule has 7 aromatic rings. The van der Waals surface area contributed by atoms with Crippen molar-refractivity contribution in [2.75, 3.05) is 122 Å². The lowest BCUT2D eigenvalue weighted by molar-refractivity contribution is -0.141. The molecule has 11 rings (SSSR count). The lowest BCUT2D eigenvalue weighted by Gasteiger charge is -2.41. The van der Waals surface area contributed by atoms with Gasteiger partial charge < -0.3 is 63.0 Å². The number of thiol groups is 1. The number of thioether (sulfide) groups is 1. The van der Waals surface area contributed by atoms with E-state index in [2.05, 4.69) is 84.7 Å². The zero-order valence-electron chi connectivity index (χ0n) is 64.3. The normalized spacial score (nSPS) is 15.4. The first kappa shape index (κ1) is 96.6. The second-order valence-corrected chi connectivity index (χ2v) is 33.8. The SMILES string of the molecule is COC(=O)CCS.COC(=O)CCS(=O)(=O)c1ccc(F)c(OC)c1.COC(=O)CCSc1ccc(F)c(OC)c1.COc1cc(Br)ccc1F.COc1cc(S(=O)(=O)CCC(=O)N2CC3CCC(C2)N3c2ccc(C#N)cn2)ccc1F.COc1cc(S(=O)(=O)CCC(=O)O)ccc1F.N#Cc1ccc(N2C3CCC2CNC3)nc1. The molecule has 4 unspecified atom stereocenters. The number of pyridine rings is 2. The maximum absolute atomic E-state index is 13.6. The van der Waals surface area contributed by atoms with Crippen LogP contribution in [0.3, 0.4) is 0 Å². The lowest BCUT2D eigenvalue weighted by Crippen LogP contribution is -2.55. The molecule has 5 aromatic carbocycles. The summed E-state index contributed by atoms with van der Waals surface area (Å²) in [6.07, 6.45) is 7.39. The fourth-order valence-electron chi connectivity index (χ4n) is 11.5. The van der Waals surface area contributed by atoms with E-state index in [4.69, 9.17) is 34.6 Å². The molecule has 4 saturated heterocycles. The standard InChI is InChI=1S/C22H23FN4O4S.C12H14N4.C11H13FO5S.C11H13FO3S.C10H11FO5S.C7H6BrFO.C4H8O2S/c1-31-20-10-18(5-6-19(20)23)32(29,30)9-8-22(28)26-13-16-3-4-17(14-26)27(16)21-7-2-15(11-24)12-25-21;13-5-9-1-4-12(15-6-9)16-10-2-3-11(16)8-14-7-10;1-16-10-7-8(3-4-9(10)12)18(14,15)6-5-11(13)17-2;1-14-10-7-8(3-4-9(10)12)16-6-5-11(13)15-2;1-16-9-6-7(2-3-8(9)11)17(14,15)5-4-10(12)13;1-10-7-4-5(8)2-3-6(7)9;1-6-4(5)2-3-7/h2,5-7,10,12,16-17H,3-4,8-9,13-14H2,1H3;1,4,6,10-11,14H,2-3,7-8H2;3-4,7H,5-6H2,1-2H3;3-4,7H,5-6H2,1-2H3;2-3,6H,4-5H2,1H3,(H,12,13);2-4H,1H3;7H,2-3H2,1H3. The number of carboxylic acids is 1. The zero-order valence-corrected chi connectivity index (χ0v) is 70.1. The summed E-state index contributed by atoms with van der Waals surface area (Å²) in [6, 6.07) is 31.7. The second-order valence-electron chi connectivity index (χ2n) is 24.9. The average molecular weight is 1780 g/mol. The van der Waals surface area contributed by atoms with E-state index < -0.39 is 76.8 Å². The number of fused-ring (bicyclic) bond motifs is 4. The number of ether oxygens (including phenoxy) is 8. The van der Waals surface area contributed by atoms with Crippen LogP contribution in [-0.2, 0) is 67.7 Å². The fourth-order valence-corrected chi connectivity index (χ4v) is 16.6. The second kappa shape index (κ2) is 47.9. The Morgan fingerprint density at radius 2 is 0.862 bits per heavy atom. The molecule has 0 spiro atoms. The Labute approximate surface area is 688 Å². The van der Waals surface area contributed by atoms with Crippen LogP contribution in [0, 0.1) is 51.7 Å². The largest absolute Gasteiger partial charge is 0.494 e. The number of esters is 3. The van der Waals surface area contributed by atoms with E-state index >= 15 is 0 Å². The summed E-state index contributed by atoms with van der Waals surface area (Å²) in [7, 11) is -0.682. The van der Waals surface area contributed by atoms with Crippen molar-refractivity contribution >= 4 is 111 Å². The first-order valence-corrected chi connectivity index (χ1v) is 42.5. The summed E-state index contributed by atoms with van der Waals surface area (Å²) in [5.41, 5.74) is 1.13.